The fourth-order valence-corrected chi connectivity index (χ4v) is 1.11. The predicted molar refractivity (Wildman–Crippen MR) is 51.3 cm³/mol. The van der Waals surface area contributed by atoms with Gasteiger partial charge in [-0.1, -0.05) is 0 Å². The Balaban J connectivity index is 2.17. The second kappa shape index (κ2) is 8.14. The topological polar surface area (TPSA) is 62.9 Å². The maximum atomic E-state index is 5.51. The molecule has 0 radical (unpaired) electrons. The number of ether oxygens (including phenoxy) is 4. The number of hydrogen-bond donors (Lipinski definition) is 1. The monoisotopic (exact) mass is 205 g/mol. The van der Waals surface area contributed by atoms with Crippen LogP contribution in [-0.2, 0) is 18.9 Å². The molecule has 1 heterocycles. The van der Waals surface area contributed by atoms with Crippen LogP contribution < -0.4 is 5.73 Å². The molecular formula is C9H19NO4. The van der Waals surface area contributed by atoms with E-state index >= 15 is 0 Å². The standard InChI is InChI=1S/C9H19NO4/c10-7-9-8-13-4-3-11-1-2-12-5-6-14-9/h9H,1-8,10H2/t9-/m0/s1. The fraction of sp³-hybridized carbons (Fsp3) is 1.00. The van der Waals surface area contributed by atoms with Crippen molar-refractivity contribution in [3.63, 3.8) is 0 Å². The first-order valence-electron chi connectivity index (χ1n) is 4.98. The van der Waals surface area contributed by atoms with Crippen molar-refractivity contribution in [3.05, 3.63) is 0 Å². The zero-order valence-electron chi connectivity index (χ0n) is 8.44. The lowest BCUT2D eigenvalue weighted by Crippen LogP contribution is -2.31. The van der Waals surface area contributed by atoms with Crippen LogP contribution in [-0.4, -0.2) is 58.9 Å². The van der Waals surface area contributed by atoms with E-state index in [2.05, 4.69) is 0 Å². The van der Waals surface area contributed by atoms with E-state index in [1.165, 1.54) is 0 Å². The average molecular weight is 205 g/mol. The van der Waals surface area contributed by atoms with Crippen molar-refractivity contribution in [2.75, 3.05) is 52.8 Å². The zero-order valence-corrected chi connectivity index (χ0v) is 8.44. The van der Waals surface area contributed by atoms with Gasteiger partial charge in [-0.2, -0.15) is 0 Å². The third-order valence-electron chi connectivity index (χ3n) is 1.89. The van der Waals surface area contributed by atoms with Gasteiger partial charge in [-0.25, -0.2) is 0 Å². The van der Waals surface area contributed by atoms with E-state index in [-0.39, 0.29) is 6.10 Å². The van der Waals surface area contributed by atoms with Crippen LogP contribution >= 0.6 is 0 Å². The Labute approximate surface area is 84.4 Å². The molecule has 0 bridgehead atoms. The van der Waals surface area contributed by atoms with Crippen molar-refractivity contribution in [1.82, 2.24) is 0 Å². The smallest absolute Gasteiger partial charge is 0.0931 e. The lowest BCUT2D eigenvalue weighted by atomic mass is 10.4. The van der Waals surface area contributed by atoms with E-state index in [1.54, 1.807) is 0 Å². The van der Waals surface area contributed by atoms with Crippen molar-refractivity contribution in [2.24, 2.45) is 5.73 Å². The Morgan fingerprint density at radius 2 is 1.43 bits per heavy atom. The van der Waals surface area contributed by atoms with Gasteiger partial charge < -0.3 is 24.7 Å². The van der Waals surface area contributed by atoms with Gasteiger partial charge in [-0.3, -0.25) is 0 Å². The normalized spacial score (nSPS) is 27.6. The zero-order chi connectivity index (χ0) is 10.1. The van der Waals surface area contributed by atoms with Crippen molar-refractivity contribution in [3.8, 4) is 0 Å². The van der Waals surface area contributed by atoms with Gasteiger partial charge in [0.1, 0.15) is 0 Å². The summed E-state index contributed by atoms with van der Waals surface area (Å²) in [5.41, 5.74) is 5.51. The van der Waals surface area contributed by atoms with Crippen LogP contribution in [0, 0.1) is 0 Å². The van der Waals surface area contributed by atoms with E-state index in [0.717, 1.165) is 0 Å². The Kier molecular flexibility index (Phi) is 6.90. The number of rotatable bonds is 1. The highest BCUT2D eigenvalue weighted by molar-refractivity contribution is 4.57. The highest BCUT2D eigenvalue weighted by atomic mass is 16.6. The minimum Gasteiger partial charge on any atom is -0.377 e. The third-order valence-corrected chi connectivity index (χ3v) is 1.89. The summed E-state index contributed by atoms with van der Waals surface area (Å²) in [5, 5.41) is 0. The van der Waals surface area contributed by atoms with E-state index in [4.69, 9.17) is 24.7 Å². The summed E-state index contributed by atoms with van der Waals surface area (Å²) in [6.07, 6.45) is -0.0296. The molecule has 2 N–H and O–H groups in total. The summed E-state index contributed by atoms with van der Waals surface area (Å²) in [6, 6.07) is 0. The molecule has 0 spiro atoms. The molecule has 0 aliphatic carbocycles. The van der Waals surface area contributed by atoms with Gasteiger partial charge >= 0.3 is 0 Å². The highest BCUT2D eigenvalue weighted by Crippen LogP contribution is 1.93. The summed E-state index contributed by atoms with van der Waals surface area (Å²) < 4.78 is 21.3. The van der Waals surface area contributed by atoms with Gasteiger partial charge in [0.05, 0.1) is 52.4 Å². The minimum absolute atomic E-state index is 0.0296. The maximum absolute atomic E-state index is 5.51. The largest absolute Gasteiger partial charge is 0.377 e. The van der Waals surface area contributed by atoms with Gasteiger partial charge in [-0.15, -0.1) is 0 Å². The van der Waals surface area contributed by atoms with Crippen LogP contribution in [0.5, 0.6) is 0 Å². The van der Waals surface area contributed by atoms with Gasteiger partial charge in [0.25, 0.3) is 0 Å². The molecule has 0 aromatic heterocycles. The molecule has 0 aromatic carbocycles. The predicted octanol–water partition coefficient (Wildman–Crippen LogP) is -0.606. The summed E-state index contributed by atoms with van der Waals surface area (Å²) in [7, 11) is 0. The van der Waals surface area contributed by atoms with Gasteiger partial charge in [-0.05, 0) is 0 Å². The highest BCUT2D eigenvalue weighted by Gasteiger charge is 2.07. The van der Waals surface area contributed by atoms with Gasteiger partial charge in [0.2, 0.25) is 0 Å². The van der Waals surface area contributed by atoms with E-state index in [9.17, 15) is 0 Å². The Bertz CT molecular complexity index is 122. The molecule has 0 amide bonds. The quantitative estimate of drug-likeness (QED) is 0.619. The van der Waals surface area contributed by atoms with Crippen LogP contribution in [0.1, 0.15) is 0 Å². The Hall–Kier alpha value is -0.200. The molecule has 0 unspecified atom stereocenters. The molecule has 1 aliphatic rings. The molecule has 1 saturated heterocycles. The van der Waals surface area contributed by atoms with E-state index < -0.39 is 0 Å². The maximum Gasteiger partial charge on any atom is 0.0931 e. The molecule has 14 heavy (non-hydrogen) atoms. The molecule has 5 nitrogen and oxygen atoms in total. The first-order valence-corrected chi connectivity index (χ1v) is 4.98. The second-order valence-corrected chi connectivity index (χ2v) is 3.03. The molecule has 1 atom stereocenters. The fourth-order valence-electron chi connectivity index (χ4n) is 1.11. The Morgan fingerprint density at radius 1 is 0.857 bits per heavy atom. The summed E-state index contributed by atoms with van der Waals surface area (Å²) >= 11 is 0. The van der Waals surface area contributed by atoms with Crippen molar-refractivity contribution in [2.45, 2.75) is 6.10 Å². The molecule has 1 fully saturated rings. The first kappa shape index (κ1) is 11.9. The molecule has 1 rings (SSSR count). The van der Waals surface area contributed by atoms with E-state index in [0.29, 0.717) is 52.8 Å². The summed E-state index contributed by atoms with van der Waals surface area (Å²) in [6.45, 7) is 4.55. The van der Waals surface area contributed by atoms with Crippen LogP contribution in [0.4, 0.5) is 0 Å². The SMILES string of the molecule is NC[C@H]1COCCOCCOCCO1. The Morgan fingerprint density at radius 3 is 2.07 bits per heavy atom. The molecular weight excluding hydrogens is 186 g/mol. The van der Waals surface area contributed by atoms with Crippen LogP contribution in [0.2, 0.25) is 0 Å². The lowest BCUT2D eigenvalue weighted by Gasteiger charge is -2.17. The van der Waals surface area contributed by atoms with Crippen LogP contribution in [0.25, 0.3) is 0 Å². The first-order chi connectivity index (χ1) is 6.93. The third kappa shape index (κ3) is 5.51. The van der Waals surface area contributed by atoms with Gasteiger partial charge in [0, 0.05) is 6.54 Å². The lowest BCUT2D eigenvalue weighted by molar-refractivity contribution is -0.0633. The van der Waals surface area contributed by atoms with Crippen molar-refractivity contribution < 1.29 is 18.9 Å². The van der Waals surface area contributed by atoms with Crippen LogP contribution in [0.3, 0.4) is 0 Å². The number of nitrogens with two attached hydrogens (primary N) is 1. The summed E-state index contributed by atoms with van der Waals surface area (Å²) in [4.78, 5) is 0. The molecule has 1 aliphatic heterocycles. The van der Waals surface area contributed by atoms with Crippen molar-refractivity contribution >= 4 is 0 Å². The van der Waals surface area contributed by atoms with E-state index in [1.807, 2.05) is 0 Å². The average Bonchev–Trinajstić information content (AvgIpc) is 2.19. The number of hydrogen-bond acceptors (Lipinski definition) is 5. The molecule has 0 aromatic rings. The minimum atomic E-state index is -0.0296. The van der Waals surface area contributed by atoms with Gasteiger partial charge in [0.15, 0.2) is 0 Å². The molecule has 5 heteroatoms. The second-order valence-electron chi connectivity index (χ2n) is 3.03. The molecule has 0 saturated carbocycles. The summed E-state index contributed by atoms with van der Waals surface area (Å²) in [5.74, 6) is 0. The van der Waals surface area contributed by atoms with Crippen LogP contribution in [0.15, 0.2) is 0 Å². The molecule has 84 valence electrons. The van der Waals surface area contributed by atoms with Crippen molar-refractivity contribution in [1.29, 1.82) is 0 Å².